The summed E-state index contributed by atoms with van der Waals surface area (Å²) in [5.41, 5.74) is 3.63. The van der Waals surface area contributed by atoms with E-state index in [1.807, 2.05) is 0 Å². The highest BCUT2D eigenvalue weighted by molar-refractivity contribution is 5.75. The molecule has 2 unspecified atom stereocenters. The Morgan fingerprint density at radius 3 is 2.86 bits per heavy atom. The minimum absolute atomic E-state index is 0.722. The highest BCUT2D eigenvalue weighted by Gasteiger charge is 2.35. The summed E-state index contributed by atoms with van der Waals surface area (Å²) in [5.74, 6) is 1.56. The minimum Gasteiger partial charge on any atom is -0.349 e. The average molecular weight is 186 g/mol. The van der Waals surface area contributed by atoms with Crippen LogP contribution in [0, 0.1) is 5.92 Å². The monoisotopic (exact) mass is 186 g/mol. The molecule has 0 aliphatic heterocycles. The molecule has 0 spiro atoms. The molecule has 0 aromatic carbocycles. The zero-order valence-electron chi connectivity index (χ0n) is 8.57. The topological polar surface area (TPSA) is 17.8 Å². The summed E-state index contributed by atoms with van der Waals surface area (Å²) in [6.07, 6.45) is 3.38. The minimum atomic E-state index is 0.722. The fraction of sp³-hybridized carbons (Fsp3) is 0.417. The van der Waals surface area contributed by atoms with Gasteiger partial charge in [0.05, 0.1) is 11.0 Å². The third kappa shape index (κ3) is 1.07. The molecule has 0 amide bonds. The van der Waals surface area contributed by atoms with Gasteiger partial charge in [0.1, 0.15) is 0 Å². The highest BCUT2D eigenvalue weighted by atomic mass is 14.9. The average Bonchev–Trinajstić information content (AvgIpc) is 2.80. The Kier molecular flexibility index (Phi) is 1.49. The Balaban J connectivity index is 2.12. The first-order chi connectivity index (χ1) is 6.75. The molecule has 2 nitrogen and oxygen atoms in total. The van der Waals surface area contributed by atoms with Gasteiger partial charge in [-0.25, -0.2) is 0 Å². The van der Waals surface area contributed by atoms with E-state index in [4.69, 9.17) is 0 Å². The molecule has 2 heteroatoms. The van der Waals surface area contributed by atoms with Crippen LogP contribution in [-0.4, -0.2) is 9.55 Å². The summed E-state index contributed by atoms with van der Waals surface area (Å²) in [6, 6.07) is 6.45. The van der Waals surface area contributed by atoms with Gasteiger partial charge in [-0.2, -0.15) is 0 Å². The molecule has 2 aromatic rings. The lowest BCUT2D eigenvalue weighted by molar-refractivity contribution is 0.890. The maximum Gasteiger partial charge on any atom is 0.0884 e. The Bertz CT molecular complexity index is 484. The fourth-order valence-corrected chi connectivity index (χ4v) is 2.11. The number of pyridine rings is 1. The van der Waals surface area contributed by atoms with Crippen molar-refractivity contribution < 1.29 is 0 Å². The number of hydrogen-bond acceptors (Lipinski definition) is 1. The number of fused-ring (bicyclic) bond motifs is 1. The van der Waals surface area contributed by atoms with E-state index < -0.39 is 0 Å². The van der Waals surface area contributed by atoms with Crippen LogP contribution >= 0.6 is 0 Å². The van der Waals surface area contributed by atoms with Crippen LogP contribution in [0.25, 0.3) is 11.0 Å². The van der Waals surface area contributed by atoms with Crippen LogP contribution in [0.5, 0.6) is 0 Å². The standard InChI is InChI=1S/C12H14N2/c1-8-7-9(8)10-3-4-12-11(13-10)5-6-14(12)2/h3-6,8-9H,7H2,1-2H3. The highest BCUT2D eigenvalue weighted by Crippen LogP contribution is 2.46. The van der Waals surface area contributed by atoms with Gasteiger partial charge in [0.2, 0.25) is 0 Å². The third-order valence-electron chi connectivity index (χ3n) is 3.25. The number of nitrogens with zero attached hydrogens (tertiary/aromatic N) is 2. The summed E-state index contributed by atoms with van der Waals surface area (Å²) < 4.78 is 2.11. The van der Waals surface area contributed by atoms with Crippen molar-refractivity contribution in [1.29, 1.82) is 0 Å². The third-order valence-corrected chi connectivity index (χ3v) is 3.25. The summed E-state index contributed by atoms with van der Waals surface area (Å²) in [6.45, 7) is 2.29. The van der Waals surface area contributed by atoms with Gasteiger partial charge in [-0.15, -0.1) is 0 Å². The first kappa shape index (κ1) is 8.04. The van der Waals surface area contributed by atoms with E-state index in [2.05, 4.69) is 47.9 Å². The zero-order chi connectivity index (χ0) is 9.71. The lowest BCUT2D eigenvalue weighted by Crippen LogP contribution is -1.89. The van der Waals surface area contributed by atoms with Gasteiger partial charge in [-0.1, -0.05) is 6.92 Å². The lowest BCUT2D eigenvalue weighted by Gasteiger charge is -1.99. The molecule has 2 atom stereocenters. The molecule has 0 saturated heterocycles. The molecule has 3 rings (SSSR count). The van der Waals surface area contributed by atoms with Crippen molar-refractivity contribution in [3.63, 3.8) is 0 Å². The molecule has 14 heavy (non-hydrogen) atoms. The summed E-state index contributed by atoms with van der Waals surface area (Å²) in [4.78, 5) is 4.69. The van der Waals surface area contributed by atoms with Crippen LogP contribution in [0.1, 0.15) is 25.0 Å². The molecule has 0 radical (unpaired) electrons. The quantitative estimate of drug-likeness (QED) is 0.669. The number of aromatic nitrogens is 2. The normalized spacial score (nSPS) is 25.6. The first-order valence-corrected chi connectivity index (χ1v) is 5.17. The Labute approximate surface area is 83.6 Å². The van der Waals surface area contributed by atoms with E-state index in [1.165, 1.54) is 17.6 Å². The molecule has 1 aliphatic rings. The van der Waals surface area contributed by atoms with Crippen molar-refractivity contribution in [1.82, 2.24) is 9.55 Å². The fourth-order valence-electron chi connectivity index (χ4n) is 2.11. The smallest absolute Gasteiger partial charge is 0.0884 e. The second-order valence-electron chi connectivity index (χ2n) is 4.39. The largest absolute Gasteiger partial charge is 0.349 e. The predicted molar refractivity (Wildman–Crippen MR) is 57.2 cm³/mol. The van der Waals surface area contributed by atoms with E-state index in [9.17, 15) is 0 Å². The molecule has 0 bridgehead atoms. The van der Waals surface area contributed by atoms with Crippen molar-refractivity contribution in [2.45, 2.75) is 19.3 Å². The second kappa shape index (κ2) is 2.59. The SMILES string of the molecule is CC1CC1c1ccc2c(ccn2C)n1. The number of aryl methyl sites for hydroxylation is 1. The van der Waals surface area contributed by atoms with Crippen LogP contribution in [0.4, 0.5) is 0 Å². The maximum atomic E-state index is 4.69. The van der Waals surface area contributed by atoms with Gasteiger partial charge in [0, 0.05) is 24.9 Å². The molecule has 1 aliphatic carbocycles. The molecule has 2 heterocycles. The van der Waals surface area contributed by atoms with Crippen LogP contribution < -0.4 is 0 Å². The summed E-state index contributed by atoms with van der Waals surface area (Å²) in [5, 5.41) is 0. The maximum absolute atomic E-state index is 4.69. The van der Waals surface area contributed by atoms with Gasteiger partial charge in [0.25, 0.3) is 0 Å². The van der Waals surface area contributed by atoms with Crippen LogP contribution in [-0.2, 0) is 7.05 Å². The molecule has 0 N–H and O–H groups in total. The van der Waals surface area contributed by atoms with Gasteiger partial charge in [-0.3, -0.25) is 4.98 Å². The second-order valence-corrected chi connectivity index (χ2v) is 4.39. The van der Waals surface area contributed by atoms with E-state index in [1.54, 1.807) is 0 Å². The molecular formula is C12H14N2. The predicted octanol–water partition coefficient (Wildman–Crippen LogP) is 2.70. The first-order valence-electron chi connectivity index (χ1n) is 5.17. The summed E-state index contributed by atoms with van der Waals surface area (Å²) in [7, 11) is 2.06. The van der Waals surface area contributed by atoms with Crippen molar-refractivity contribution in [2.75, 3.05) is 0 Å². The van der Waals surface area contributed by atoms with Gasteiger partial charge in [0.15, 0.2) is 0 Å². The van der Waals surface area contributed by atoms with Gasteiger partial charge >= 0.3 is 0 Å². The molecular weight excluding hydrogens is 172 g/mol. The van der Waals surface area contributed by atoms with Crippen molar-refractivity contribution >= 4 is 11.0 Å². The van der Waals surface area contributed by atoms with Crippen molar-refractivity contribution in [3.8, 4) is 0 Å². The molecule has 72 valence electrons. The van der Waals surface area contributed by atoms with Crippen LogP contribution in [0.3, 0.4) is 0 Å². The molecule has 2 aromatic heterocycles. The van der Waals surface area contributed by atoms with Crippen molar-refractivity contribution in [2.24, 2.45) is 13.0 Å². The van der Waals surface area contributed by atoms with E-state index in [0.29, 0.717) is 0 Å². The Morgan fingerprint density at radius 2 is 2.14 bits per heavy atom. The van der Waals surface area contributed by atoms with E-state index in [0.717, 1.165) is 17.4 Å². The number of rotatable bonds is 1. The number of hydrogen-bond donors (Lipinski definition) is 0. The van der Waals surface area contributed by atoms with Crippen LogP contribution in [0.15, 0.2) is 24.4 Å². The van der Waals surface area contributed by atoms with Crippen LogP contribution in [0.2, 0.25) is 0 Å². The molecule has 1 saturated carbocycles. The lowest BCUT2D eigenvalue weighted by atomic mass is 10.2. The van der Waals surface area contributed by atoms with E-state index in [-0.39, 0.29) is 0 Å². The van der Waals surface area contributed by atoms with Gasteiger partial charge in [-0.05, 0) is 30.5 Å². The van der Waals surface area contributed by atoms with Gasteiger partial charge < -0.3 is 4.57 Å². The molecule has 1 fully saturated rings. The van der Waals surface area contributed by atoms with E-state index >= 15 is 0 Å². The Hall–Kier alpha value is -1.31. The van der Waals surface area contributed by atoms with Crippen molar-refractivity contribution in [3.05, 3.63) is 30.1 Å². The Morgan fingerprint density at radius 1 is 1.36 bits per heavy atom. The summed E-state index contributed by atoms with van der Waals surface area (Å²) >= 11 is 0. The zero-order valence-corrected chi connectivity index (χ0v) is 8.57.